The number of hydrogen-bond acceptors (Lipinski definition) is 3. The summed E-state index contributed by atoms with van der Waals surface area (Å²) in [7, 11) is 0. The molecule has 2 rings (SSSR count). The monoisotopic (exact) mass is 269 g/mol. The lowest BCUT2D eigenvalue weighted by Gasteiger charge is -2.25. The van der Waals surface area contributed by atoms with E-state index in [1.165, 1.54) is 57.9 Å². The molecule has 1 saturated carbocycles. The first-order valence-electron chi connectivity index (χ1n) is 8.36. The highest BCUT2D eigenvalue weighted by atomic mass is 16.5. The summed E-state index contributed by atoms with van der Waals surface area (Å²) in [6, 6.07) is 0.699. The van der Waals surface area contributed by atoms with E-state index in [4.69, 9.17) is 9.84 Å². The van der Waals surface area contributed by atoms with E-state index in [2.05, 4.69) is 4.90 Å². The van der Waals surface area contributed by atoms with Crippen molar-refractivity contribution in [3.63, 3.8) is 0 Å². The fraction of sp³-hybridized carbons (Fsp3) is 1.00. The van der Waals surface area contributed by atoms with Crippen LogP contribution in [0.3, 0.4) is 0 Å². The molecule has 1 N–H and O–H groups in total. The Kier molecular flexibility index (Phi) is 7.18. The van der Waals surface area contributed by atoms with Gasteiger partial charge in [0.25, 0.3) is 0 Å². The Balaban J connectivity index is 1.61. The molecular weight excluding hydrogens is 238 g/mol. The molecule has 1 atom stereocenters. The molecule has 0 bridgehead atoms. The smallest absolute Gasteiger partial charge is 0.0597 e. The second kappa shape index (κ2) is 8.93. The van der Waals surface area contributed by atoms with E-state index < -0.39 is 0 Å². The van der Waals surface area contributed by atoms with Gasteiger partial charge >= 0.3 is 0 Å². The van der Waals surface area contributed by atoms with Crippen molar-refractivity contribution >= 4 is 0 Å². The molecule has 1 aliphatic carbocycles. The molecule has 0 unspecified atom stereocenters. The van der Waals surface area contributed by atoms with Gasteiger partial charge in [-0.25, -0.2) is 0 Å². The van der Waals surface area contributed by atoms with Gasteiger partial charge in [0.05, 0.1) is 12.7 Å². The average molecular weight is 269 g/mol. The first-order chi connectivity index (χ1) is 9.40. The molecule has 0 aromatic rings. The standard InChI is InChI=1S/C16H31NO2/c18-13-6-8-15-7-5-11-17(15)12-14-19-16-9-3-1-2-4-10-16/h15-16,18H,1-14H2/t15-/m1/s1. The van der Waals surface area contributed by atoms with E-state index in [1.807, 2.05) is 0 Å². The number of ether oxygens (including phenoxy) is 1. The van der Waals surface area contributed by atoms with E-state index in [0.717, 1.165) is 26.0 Å². The van der Waals surface area contributed by atoms with E-state index in [0.29, 0.717) is 18.8 Å². The fourth-order valence-corrected chi connectivity index (χ4v) is 3.59. The van der Waals surface area contributed by atoms with Gasteiger partial charge in [-0.1, -0.05) is 25.7 Å². The minimum Gasteiger partial charge on any atom is -0.396 e. The minimum absolute atomic E-state index is 0.336. The maximum Gasteiger partial charge on any atom is 0.0597 e. The normalized spacial score (nSPS) is 26.7. The van der Waals surface area contributed by atoms with Crippen molar-refractivity contribution in [3.8, 4) is 0 Å². The lowest BCUT2D eigenvalue weighted by atomic mass is 10.1. The van der Waals surface area contributed by atoms with E-state index >= 15 is 0 Å². The van der Waals surface area contributed by atoms with Gasteiger partial charge < -0.3 is 9.84 Å². The number of nitrogens with zero attached hydrogens (tertiary/aromatic N) is 1. The van der Waals surface area contributed by atoms with Crippen molar-refractivity contribution in [2.75, 3.05) is 26.3 Å². The lowest BCUT2D eigenvalue weighted by molar-refractivity contribution is 0.0262. The molecule has 0 aromatic heterocycles. The van der Waals surface area contributed by atoms with Gasteiger partial charge in [-0.3, -0.25) is 4.90 Å². The van der Waals surface area contributed by atoms with Crippen LogP contribution in [0.5, 0.6) is 0 Å². The Morgan fingerprint density at radius 1 is 1.00 bits per heavy atom. The molecule has 0 amide bonds. The number of rotatable bonds is 7. The number of aliphatic hydroxyl groups is 1. The lowest BCUT2D eigenvalue weighted by Crippen LogP contribution is -2.33. The Morgan fingerprint density at radius 3 is 2.53 bits per heavy atom. The zero-order valence-electron chi connectivity index (χ0n) is 12.4. The maximum absolute atomic E-state index is 8.94. The van der Waals surface area contributed by atoms with Crippen LogP contribution >= 0.6 is 0 Å². The second-order valence-corrected chi connectivity index (χ2v) is 6.18. The van der Waals surface area contributed by atoms with Gasteiger partial charge in [-0.05, 0) is 45.1 Å². The second-order valence-electron chi connectivity index (χ2n) is 6.18. The highest BCUT2D eigenvalue weighted by Crippen LogP contribution is 2.22. The molecule has 112 valence electrons. The molecule has 2 fully saturated rings. The zero-order chi connectivity index (χ0) is 13.3. The SMILES string of the molecule is OCCC[C@H]1CCCN1CCOC1CCCCCC1. The van der Waals surface area contributed by atoms with E-state index in [1.54, 1.807) is 0 Å². The third-order valence-corrected chi connectivity index (χ3v) is 4.73. The Morgan fingerprint density at radius 2 is 1.79 bits per heavy atom. The maximum atomic E-state index is 8.94. The van der Waals surface area contributed by atoms with Crippen molar-refractivity contribution in [1.29, 1.82) is 0 Å². The summed E-state index contributed by atoms with van der Waals surface area (Å²) in [5.74, 6) is 0. The molecular formula is C16H31NO2. The molecule has 0 radical (unpaired) electrons. The Bertz CT molecular complexity index is 227. The van der Waals surface area contributed by atoms with Crippen molar-refractivity contribution in [3.05, 3.63) is 0 Å². The van der Waals surface area contributed by atoms with Gasteiger partial charge in [-0.15, -0.1) is 0 Å². The van der Waals surface area contributed by atoms with Crippen LogP contribution in [0.15, 0.2) is 0 Å². The predicted molar refractivity (Wildman–Crippen MR) is 78.4 cm³/mol. The molecule has 0 spiro atoms. The average Bonchev–Trinajstić information content (AvgIpc) is 2.70. The zero-order valence-corrected chi connectivity index (χ0v) is 12.4. The van der Waals surface area contributed by atoms with Gasteiger partial charge in [-0.2, -0.15) is 0 Å². The van der Waals surface area contributed by atoms with E-state index in [9.17, 15) is 0 Å². The van der Waals surface area contributed by atoms with Crippen LogP contribution in [-0.4, -0.2) is 48.5 Å². The van der Waals surface area contributed by atoms with Gasteiger partial charge in [0.15, 0.2) is 0 Å². The number of hydrogen-bond donors (Lipinski definition) is 1. The quantitative estimate of drug-likeness (QED) is 0.721. The molecule has 1 heterocycles. The van der Waals surface area contributed by atoms with Crippen LogP contribution in [-0.2, 0) is 4.74 Å². The Labute approximate surface area is 118 Å². The summed E-state index contributed by atoms with van der Waals surface area (Å²) in [5, 5.41) is 8.94. The fourth-order valence-electron chi connectivity index (χ4n) is 3.59. The molecule has 3 heteroatoms. The molecule has 0 aromatic carbocycles. The van der Waals surface area contributed by atoms with Gasteiger partial charge in [0.1, 0.15) is 0 Å². The summed E-state index contributed by atoms with van der Waals surface area (Å²) >= 11 is 0. The summed E-state index contributed by atoms with van der Waals surface area (Å²) in [5.41, 5.74) is 0. The highest BCUT2D eigenvalue weighted by Gasteiger charge is 2.23. The highest BCUT2D eigenvalue weighted by molar-refractivity contribution is 4.79. The van der Waals surface area contributed by atoms with E-state index in [-0.39, 0.29) is 0 Å². The Hall–Kier alpha value is -0.120. The molecule has 19 heavy (non-hydrogen) atoms. The topological polar surface area (TPSA) is 32.7 Å². The summed E-state index contributed by atoms with van der Waals surface area (Å²) in [6.07, 6.45) is 13.3. The van der Waals surface area contributed by atoms with Crippen molar-refractivity contribution < 1.29 is 9.84 Å². The third-order valence-electron chi connectivity index (χ3n) is 4.73. The number of aliphatic hydroxyl groups excluding tert-OH is 1. The molecule has 1 saturated heterocycles. The molecule has 2 aliphatic rings. The minimum atomic E-state index is 0.336. The van der Waals surface area contributed by atoms with Crippen molar-refractivity contribution in [2.24, 2.45) is 0 Å². The van der Waals surface area contributed by atoms with Crippen LogP contribution in [0.2, 0.25) is 0 Å². The summed E-state index contributed by atoms with van der Waals surface area (Å²) in [6.45, 7) is 3.56. The molecule has 3 nitrogen and oxygen atoms in total. The van der Waals surface area contributed by atoms with Crippen LogP contribution in [0.25, 0.3) is 0 Å². The van der Waals surface area contributed by atoms with Crippen LogP contribution in [0.4, 0.5) is 0 Å². The largest absolute Gasteiger partial charge is 0.396 e. The summed E-state index contributed by atoms with van der Waals surface area (Å²) in [4.78, 5) is 2.58. The summed E-state index contributed by atoms with van der Waals surface area (Å²) < 4.78 is 6.09. The van der Waals surface area contributed by atoms with Gasteiger partial charge in [0, 0.05) is 19.2 Å². The first-order valence-corrected chi connectivity index (χ1v) is 8.36. The molecule has 1 aliphatic heterocycles. The van der Waals surface area contributed by atoms with Crippen LogP contribution in [0, 0.1) is 0 Å². The predicted octanol–water partition coefficient (Wildman–Crippen LogP) is 2.96. The van der Waals surface area contributed by atoms with Gasteiger partial charge in [0.2, 0.25) is 0 Å². The van der Waals surface area contributed by atoms with Crippen molar-refractivity contribution in [1.82, 2.24) is 4.90 Å². The first kappa shape index (κ1) is 15.3. The number of likely N-dealkylation sites (tertiary alicyclic amines) is 1. The van der Waals surface area contributed by atoms with Crippen molar-refractivity contribution in [2.45, 2.75) is 76.4 Å². The van der Waals surface area contributed by atoms with Crippen LogP contribution < -0.4 is 0 Å². The van der Waals surface area contributed by atoms with Crippen LogP contribution in [0.1, 0.15) is 64.2 Å². The third kappa shape index (κ3) is 5.41.